The number of hydrogen-bond acceptors (Lipinski definition) is 2. The average molecular weight is 426 g/mol. The van der Waals surface area contributed by atoms with E-state index in [0.717, 1.165) is 55.6 Å². The van der Waals surface area contributed by atoms with E-state index in [0.29, 0.717) is 5.71 Å². The van der Waals surface area contributed by atoms with Crippen LogP contribution in [0, 0.1) is 19.7 Å². The van der Waals surface area contributed by atoms with E-state index in [1.54, 1.807) is 0 Å². The maximum Gasteiger partial charge on any atom is 0.227 e. The first-order chi connectivity index (χ1) is 16.9. The largest absolute Gasteiger partial charge is 0.437 e. The maximum atomic E-state index is 8.24. The lowest BCUT2D eigenvalue weighted by atomic mass is 9.96. The molecule has 0 aliphatic carbocycles. The second-order valence-corrected chi connectivity index (χ2v) is 8.61. The van der Waals surface area contributed by atoms with Crippen molar-refractivity contribution in [1.82, 2.24) is 4.98 Å². The summed E-state index contributed by atoms with van der Waals surface area (Å²) in [5.41, 5.74) is 8.45. The Morgan fingerprint density at radius 1 is 1.00 bits per heavy atom. The van der Waals surface area contributed by atoms with Crippen molar-refractivity contribution in [3.63, 3.8) is 0 Å². The zero-order chi connectivity index (χ0) is 25.8. The van der Waals surface area contributed by atoms with E-state index in [4.69, 9.17) is 9.90 Å². The van der Waals surface area contributed by atoms with Gasteiger partial charge in [0.25, 0.3) is 0 Å². The SMILES string of the molecule is [2H]C([2H])([2H])C([2H])(C)Cc1ccc(-c2cc[n+](C)c(-c3c(C)ccc4c3oc3nc(C)ccc34)c2)cc1. The fraction of sp³-hybridized carbons (Fsp3) is 0.241. The van der Waals surface area contributed by atoms with Gasteiger partial charge in [0.15, 0.2) is 11.8 Å². The van der Waals surface area contributed by atoms with Gasteiger partial charge in [0.05, 0.1) is 5.56 Å². The van der Waals surface area contributed by atoms with Gasteiger partial charge in [-0.2, -0.15) is 0 Å². The fourth-order valence-corrected chi connectivity index (χ4v) is 4.35. The molecule has 1 atom stereocenters. The second kappa shape index (κ2) is 7.90. The van der Waals surface area contributed by atoms with E-state index in [-0.39, 0.29) is 6.42 Å². The number of aryl methyl sites for hydroxylation is 3. The van der Waals surface area contributed by atoms with Crippen molar-refractivity contribution in [3.8, 4) is 22.4 Å². The minimum atomic E-state index is -2.33. The van der Waals surface area contributed by atoms with E-state index in [9.17, 15) is 0 Å². The molecule has 2 aromatic carbocycles. The molecule has 1 unspecified atom stereocenters. The molecule has 32 heavy (non-hydrogen) atoms. The number of furan rings is 1. The molecule has 3 heterocycles. The van der Waals surface area contributed by atoms with Crippen LogP contribution in [0.2, 0.25) is 0 Å². The lowest BCUT2D eigenvalue weighted by Crippen LogP contribution is -2.30. The molecule has 0 fully saturated rings. The standard InChI is InChI=1S/C29H29N2O/c1-18(2)16-21-8-10-22(11-9-21)23-14-15-31(5)26(17-23)27-19(3)6-12-24-25-13-7-20(4)30-29(25)32-28(24)27/h6-15,17-18H,16H2,1-5H3/q+1/i1D3,18D. The molecule has 3 heteroatoms. The van der Waals surface area contributed by atoms with Gasteiger partial charge in [-0.05, 0) is 60.5 Å². The Labute approximate surface area is 195 Å². The molecular formula is C29H29N2O+. The van der Waals surface area contributed by atoms with Crippen LogP contribution in [-0.2, 0) is 13.5 Å². The molecule has 5 rings (SSSR count). The minimum absolute atomic E-state index is 0.166. The summed E-state index contributed by atoms with van der Waals surface area (Å²) in [6.45, 7) is 3.18. The predicted octanol–water partition coefficient (Wildman–Crippen LogP) is 6.95. The maximum absolute atomic E-state index is 8.24. The highest BCUT2D eigenvalue weighted by Crippen LogP contribution is 2.37. The Morgan fingerprint density at radius 2 is 1.78 bits per heavy atom. The number of hydrogen-bond donors (Lipinski definition) is 0. The molecule has 0 radical (unpaired) electrons. The van der Waals surface area contributed by atoms with Gasteiger partial charge in [0.2, 0.25) is 11.4 Å². The zero-order valence-electron chi connectivity index (χ0n) is 22.9. The van der Waals surface area contributed by atoms with Gasteiger partial charge >= 0.3 is 0 Å². The number of pyridine rings is 2. The number of nitrogens with zero attached hydrogens (tertiary/aromatic N) is 2. The van der Waals surface area contributed by atoms with Crippen LogP contribution in [0.25, 0.3) is 44.5 Å². The fourth-order valence-electron chi connectivity index (χ4n) is 4.35. The van der Waals surface area contributed by atoms with E-state index in [1.165, 1.54) is 6.92 Å². The average Bonchev–Trinajstić information content (AvgIpc) is 3.16. The van der Waals surface area contributed by atoms with E-state index in [1.807, 2.05) is 50.5 Å². The normalized spacial score (nSPS) is 15.8. The first-order valence-corrected chi connectivity index (χ1v) is 10.8. The molecule has 5 aromatic rings. The highest BCUT2D eigenvalue weighted by atomic mass is 16.3. The summed E-state index contributed by atoms with van der Waals surface area (Å²) >= 11 is 0. The molecule has 0 saturated heterocycles. The quantitative estimate of drug-likeness (QED) is 0.291. The third-order valence-corrected chi connectivity index (χ3v) is 6.02. The van der Waals surface area contributed by atoms with Crippen LogP contribution < -0.4 is 4.57 Å². The smallest absolute Gasteiger partial charge is 0.227 e. The van der Waals surface area contributed by atoms with Crippen LogP contribution in [0.15, 0.2) is 71.3 Å². The number of benzene rings is 2. The molecular weight excluding hydrogens is 392 g/mol. The summed E-state index contributed by atoms with van der Waals surface area (Å²) in [5.74, 6) is -1.53. The van der Waals surface area contributed by atoms with Gasteiger partial charge in [0.1, 0.15) is 7.05 Å². The van der Waals surface area contributed by atoms with Gasteiger partial charge in [0, 0.05) is 34.1 Å². The first kappa shape index (κ1) is 16.2. The van der Waals surface area contributed by atoms with Gasteiger partial charge in [-0.25, -0.2) is 9.55 Å². The Hall–Kier alpha value is -3.46. The zero-order valence-corrected chi connectivity index (χ0v) is 18.9. The second-order valence-electron chi connectivity index (χ2n) is 8.61. The summed E-state index contributed by atoms with van der Waals surface area (Å²) in [4.78, 5) is 4.59. The molecule has 0 aliphatic heterocycles. The predicted molar refractivity (Wildman–Crippen MR) is 132 cm³/mol. The van der Waals surface area contributed by atoms with Crippen molar-refractivity contribution < 1.29 is 14.5 Å². The van der Waals surface area contributed by atoms with E-state index in [2.05, 4.69) is 46.8 Å². The summed E-state index contributed by atoms with van der Waals surface area (Å²) in [5, 5.41) is 2.05. The van der Waals surface area contributed by atoms with Crippen LogP contribution in [0.1, 0.15) is 36.1 Å². The van der Waals surface area contributed by atoms with Crippen LogP contribution in [-0.4, -0.2) is 4.98 Å². The number of aromatic nitrogens is 2. The Bertz CT molecular complexity index is 1600. The molecule has 0 saturated carbocycles. The van der Waals surface area contributed by atoms with E-state index >= 15 is 0 Å². The van der Waals surface area contributed by atoms with Gasteiger partial charge in [-0.3, -0.25) is 0 Å². The third-order valence-electron chi connectivity index (χ3n) is 6.02. The van der Waals surface area contributed by atoms with Crippen molar-refractivity contribution in [2.75, 3.05) is 0 Å². The van der Waals surface area contributed by atoms with Crippen molar-refractivity contribution in [2.24, 2.45) is 12.9 Å². The van der Waals surface area contributed by atoms with Crippen LogP contribution in [0.5, 0.6) is 0 Å². The van der Waals surface area contributed by atoms with Crippen molar-refractivity contribution in [1.29, 1.82) is 0 Å². The van der Waals surface area contributed by atoms with Crippen LogP contribution in [0.3, 0.4) is 0 Å². The molecule has 3 aromatic heterocycles. The van der Waals surface area contributed by atoms with E-state index < -0.39 is 12.7 Å². The molecule has 160 valence electrons. The summed E-state index contributed by atoms with van der Waals surface area (Å²) in [6.07, 6.45) is 2.21. The molecule has 0 N–H and O–H groups in total. The van der Waals surface area contributed by atoms with Crippen molar-refractivity contribution >= 4 is 22.1 Å². The van der Waals surface area contributed by atoms with Crippen molar-refractivity contribution in [3.05, 3.63) is 83.7 Å². The molecule has 0 spiro atoms. The lowest BCUT2D eigenvalue weighted by Gasteiger charge is -2.09. The van der Waals surface area contributed by atoms with Gasteiger partial charge in [-0.15, -0.1) is 0 Å². The lowest BCUT2D eigenvalue weighted by molar-refractivity contribution is -0.660. The molecule has 0 aliphatic rings. The van der Waals surface area contributed by atoms with Crippen molar-refractivity contribution in [2.45, 2.75) is 34.0 Å². The summed E-state index contributed by atoms with van der Waals surface area (Å²) < 4.78 is 39.5. The minimum Gasteiger partial charge on any atom is -0.437 e. The summed E-state index contributed by atoms with van der Waals surface area (Å²) in [7, 11) is 2.02. The first-order valence-electron chi connectivity index (χ1n) is 12.8. The molecule has 0 bridgehead atoms. The number of rotatable bonds is 4. The van der Waals surface area contributed by atoms with Crippen LogP contribution in [0.4, 0.5) is 0 Å². The van der Waals surface area contributed by atoms with Crippen LogP contribution >= 0.6 is 0 Å². The Morgan fingerprint density at radius 3 is 2.56 bits per heavy atom. The highest BCUT2D eigenvalue weighted by Gasteiger charge is 2.21. The number of fused-ring (bicyclic) bond motifs is 3. The molecule has 0 amide bonds. The Kier molecular flexibility index (Phi) is 4.00. The van der Waals surface area contributed by atoms with Gasteiger partial charge < -0.3 is 4.42 Å². The molecule has 3 nitrogen and oxygen atoms in total. The monoisotopic (exact) mass is 425 g/mol. The summed E-state index contributed by atoms with van der Waals surface area (Å²) in [6, 6.07) is 20.3. The highest BCUT2D eigenvalue weighted by molar-refractivity contribution is 6.08. The third kappa shape index (κ3) is 3.58. The topological polar surface area (TPSA) is 29.9 Å². The Balaban J connectivity index is 1.57. The van der Waals surface area contributed by atoms with Gasteiger partial charge in [-0.1, -0.05) is 50.2 Å².